The first-order chi connectivity index (χ1) is 9.11. The van der Waals surface area contributed by atoms with Crippen LogP contribution in [0.15, 0.2) is 40.2 Å². The highest BCUT2D eigenvalue weighted by molar-refractivity contribution is 9.10. The van der Waals surface area contributed by atoms with Crippen molar-refractivity contribution >= 4 is 27.3 Å². The lowest BCUT2D eigenvalue weighted by atomic mass is 10.1. The van der Waals surface area contributed by atoms with Gasteiger partial charge in [0, 0.05) is 15.4 Å². The summed E-state index contributed by atoms with van der Waals surface area (Å²) < 4.78 is 7.14. The van der Waals surface area contributed by atoms with Gasteiger partial charge in [-0.1, -0.05) is 28.9 Å². The van der Waals surface area contributed by atoms with E-state index in [1.165, 1.54) is 10.4 Å². The molecule has 0 amide bonds. The maximum atomic E-state index is 6.23. The standard InChI is InChI=1S/C15H18BrNOS/c1-3-13(17)14(15-10(2)7-8-19-15)18-12-6-4-5-11(16)9-12/h4-9,13-14H,3,17H2,1-2H3. The maximum Gasteiger partial charge on any atom is 0.148 e. The fourth-order valence-electron chi connectivity index (χ4n) is 1.91. The van der Waals surface area contributed by atoms with Crippen molar-refractivity contribution < 1.29 is 4.74 Å². The first-order valence-corrected chi connectivity index (χ1v) is 8.01. The van der Waals surface area contributed by atoms with Gasteiger partial charge in [-0.25, -0.2) is 0 Å². The van der Waals surface area contributed by atoms with Gasteiger partial charge in [0.2, 0.25) is 0 Å². The first kappa shape index (κ1) is 14.6. The Kier molecular flexibility index (Phi) is 5.02. The number of ether oxygens (including phenoxy) is 1. The number of nitrogens with two attached hydrogens (primary N) is 1. The summed E-state index contributed by atoms with van der Waals surface area (Å²) in [6.45, 7) is 4.19. The zero-order valence-corrected chi connectivity index (χ0v) is 13.5. The summed E-state index contributed by atoms with van der Waals surface area (Å²) in [5, 5.41) is 2.09. The van der Waals surface area contributed by atoms with Gasteiger partial charge in [-0.05, 0) is 48.6 Å². The Hall–Kier alpha value is -0.840. The van der Waals surface area contributed by atoms with Crippen molar-refractivity contribution in [2.45, 2.75) is 32.4 Å². The minimum absolute atomic E-state index is 0.00340. The maximum absolute atomic E-state index is 6.23. The summed E-state index contributed by atoms with van der Waals surface area (Å²) >= 11 is 5.17. The van der Waals surface area contributed by atoms with E-state index in [1.54, 1.807) is 11.3 Å². The smallest absolute Gasteiger partial charge is 0.148 e. The molecule has 0 fully saturated rings. The van der Waals surface area contributed by atoms with Crippen LogP contribution < -0.4 is 10.5 Å². The highest BCUT2D eigenvalue weighted by atomic mass is 79.9. The molecule has 2 N–H and O–H groups in total. The molecular formula is C15H18BrNOS. The lowest BCUT2D eigenvalue weighted by Gasteiger charge is -2.24. The molecule has 1 heterocycles. The van der Waals surface area contributed by atoms with E-state index in [9.17, 15) is 0 Å². The van der Waals surface area contributed by atoms with Crippen molar-refractivity contribution in [3.05, 3.63) is 50.6 Å². The Balaban J connectivity index is 2.27. The van der Waals surface area contributed by atoms with Crippen molar-refractivity contribution in [3.8, 4) is 5.75 Å². The SMILES string of the molecule is CCC(N)C(Oc1cccc(Br)c1)c1sccc1C. The molecule has 0 saturated carbocycles. The average molecular weight is 340 g/mol. The molecule has 0 spiro atoms. The molecule has 4 heteroatoms. The third kappa shape index (κ3) is 3.59. The Morgan fingerprint density at radius 3 is 2.74 bits per heavy atom. The summed E-state index contributed by atoms with van der Waals surface area (Å²) in [5.74, 6) is 0.844. The molecule has 2 nitrogen and oxygen atoms in total. The summed E-state index contributed by atoms with van der Waals surface area (Å²) in [6, 6.07) is 9.99. The quantitative estimate of drug-likeness (QED) is 0.858. The van der Waals surface area contributed by atoms with Crippen molar-refractivity contribution in [2.75, 3.05) is 0 Å². The van der Waals surface area contributed by atoms with Crippen LogP contribution in [0, 0.1) is 6.92 Å². The highest BCUT2D eigenvalue weighted by Crippen LogP contribution is 2.32. The van der Waals surface area contributed by atoms with E-state index in [0.29, 0.717) is 0 Å². The molecule has 0 bridgehead atoms. The van der Waals surface area contributed by atoms with Gasteiger partial charge in [0.15, 0.2) is 0 Å². The molecule has 0 radical (unpaired) electrons. The number of benzene rings is 1. The van der Waals surface area contributed by atoms with Crippen LogP contribution in [-0.2, 0) is 0 Å². The Morgan fingerprint density at radius 2 is 2.16 bits per heavy atom. The Bertz CT molecular complexity index is 540. The van der Waals surface area contributed by atoms with Gasteiger partial charge in [-0.3, -0.25) is 0 Å². The van der Waals surface area contributed by atoms with Crippen LogP contribution in [0.1, 0.15) is 29.9 Å². The van der Waals surface area contributed by atoms with E-state index in [-0.39, 0.29) is 12.1 Å². The van der Waals surface area contributed by atoms with Gasteiger partial charge >= 0.3 is 0 Å². The normalized spacial score (nSPS) is 14.1. The zero-order valence-electron chi connectivity index (χ0n) is 11.1. The molecule has 2 rings (SSSR count). The van der Waals surface area contributed by atoms with Crippen molar-refractivity contribution in [1.29, 1.82) is 0 Å². The van der Waals surface area contributed by atoms with E-state index in [0.717, 1.165) is 16.6 Å². The van der Waals surface area contributed by atoms with Gasteiger partial charge in [0.1, 0.15) is 11.9 Å². The Morgan fingerprint density at radius 1 is 1.37 bits per heavy atom. The van der Waals surface area contributed by atoms with Crippen LogP contribution in [0.4, 0.5) is 0 Å². The van der Waals surface area contributed by atoms with Crippen LogP contribution in [0.25, 0.3) is 0 Å². The molecule has 1 aromatic heterocycles. The largest absolute Gasteiger partial charge is 0.483 e. The molecule has 102 valence electrons. The highest BCUT2D eigenvalue weighted by Gasteiger charge is 2.23. The fourth-order valence-corrected chi connectivity index (χ4v) is 3.32. The van der Waals surface area contributed by atoms with Gasteiger partial charge in [0.25, 0.3) is 0 Å². The second-order valence-corrected chi connectivity index (χ2v) is 6.40. The second kappa shape index (κ2) is 6.55. The summed E-state index contributed by atoms with van der Waals surface area (Å²) in [7, 11) is 0. The van der Waals surface area contributed by atoms with Crippen LogP contribution in [0.5, 0.6) is 5.75 Å². The van der Waals surface area contributed by atoms with Crippen LogP contribution in [-0.4, -0.2) is 6.04 Å². The fraction of sp³-hybridized carbons (Fsp3) is 0.333. The second-order valence-electron chi connectivity index (χ2n) is 4.54. The van der Waals surface area contributed by atoms with Crippen LogP contribution in [0.3, 0.4) is 0 Å². The topological polar surface area (TPSA) is 35.2 Å². The molecule has 0 saturated heterocycles. The van der Waals surface area contributed by atoms with Crippen LogP contribution >= 0.6 is 27.3 Å². The molecule has 2 aromatic rings. The van der Waals surface area contributed by atoms with Crippen molar-refractivity contribution in [3.63, 3.8) is 0 Å². The van der Waals surface area contributed by atoms with Crippen LogP contribution in [0.2, 0.25) is 0 Å². The molecule has 0 aliphatic carbocycles. The molecule has 1 aromatic carbocycles. The lowest BCUT2D eigenvalue weighted by Crippen LogP contribution is -2.31. The lowest BCUT2D eigenvalue weighted by molar-refractivity contribution is 0.174. The third-order valence-corrected chi connectivity index (χ3v) is 4.65. The number of hydrogen-bond acceptors (Lipinski definition) is 3. The molecule has 0 aliphatic heterocycles. The van der Waals surface area contributed by atoms with E-state index in [4.69, 9.17) is 10.5 Å². The van der Waals surface area contributed by atoms with Gasteiger partial charge in [-0.15, -0.1) is 11.3 Å². The van der Waals surface area contributed by atoms with Gasteiger partial charge in [-0.2, -0.15) is 0 Å². The Labute approximate surface area is 126 Å². The monoisotopic (exact) mass is 339 g/mol. The predicted octanol–water partition coefficient (Wildman–Crippen LogP) is 4.68. The molecule has 2 atom stereocenters. The number of aryl methyl sites for hydroxylation is 1. The molecule has 19 heavy (non-hydrogen) atoms. The third-order valence-electron chi connectivity index (χ3n) is 3.08. The first-order valence-electron chi connectivity index (χ1n) is 6.33. The predicted molar refractivity (Wildman–Crippen MR) is 84.8 cm³/mol. The number of halogens is 1. The average Bonchev–Trinajstić information content (AvgIpc) is 2.81. The zero-order chi connectivity index (χ0) is 13.8. The number of thiophene rings is 1. The van der Waals surface area contributed by atoms with Gasteiger partial charge < -0.3 is 10.5 Å². The summed E-state index contributed by atoms with van der Waals surface area (Å²) in [4.78, 5) is 1.22. The van der Waals surface area contributed by atoms with Crippen molar-refractivity contribution in [1.82, 2.24) is 0 Å². The molecule has 2 unspecified atom stereocenters. The molecule has 0 aliphatic rings. The number of hydrogen-bond donors (Lipinski definition) is 1. The van der Waals surface area contributed by atoms with E-state index < -0.39 is 0 Å². The summed E-state index contributed by atoms with van der Waals surface area (Å²) in [5.41, 5.74) is 7.48. The van der Waals surface area contributed by atoms with Gasteiger partial charge in [0.05, 0.1) is 0 Å². The van der Waals surface area contributed by atoms with E-state index >= 15 is 0 Å². The summed E-state index contributed by atoms with van der Waals surface area (Å²) in [6.07, 6.45) is 0.801. The minimum atomic E-state index is -0.0840. The molecular weight excluding hydrogens is 322 g/mol. The van der Waals surface area contributed by atoms with Crippen molar-refractivity contribution in [2.24, 2.45) is 5.73 Å². The number of rotatable bonds is 5. The van der Waals surface area contributed by atoms with E-state index in [2.05, 4.69) is 41.2 Å². The van der Waals surface area contributed by atoms with E-state index in [1.807, 2.05) is 24.3 Å². The minimum Gasteiger partial charge on any atom is -0.483 e.